The average molecular weight is 256 g/mol. The summed E-state index contributed by atoms with van der Waals surface area (Å²) in [5, 5.41) is 3.58. The summed E-state index contributed by atoms with van der Waals surface area (Å²) < 4.78 is 5.26. The molecule has 0 bridgehead atoms. The quantitative estimate of drug-likeness (QED) is 0.889. The molecule has 3 nitrogen and oxygen atoms in total. The van der Waals surface area contributed by atoms with Gasteiger partial charge in [-0.1, -0.05) is 12.1 Å². The van der Waals surface area contributed by atoms with Crippen LogP contribution >= 0.6 is 0 Å². The van der Waals surface area contributed by atoms with E-state index in [1.807, 2.05) is 36.7 Å². The summed E-state index contributed by atoms with van der Waals surface area (Å²) >= 11 is 0. The Kier molecular flexibility index (Phi) is 4.53. The van der Waals surface area contributed by atoms with E-state index in [9.17, 15) is 0 Å². The number of methoxy groups -OCH3 is 1. The van der Waals surface area contributed by atoms with Crippen molar-refractivity contribution in [2.24, 2.45) is 0 Å². The number of ether oxygens (including phenoxy) is 1. The number of rotatable bonds is 5. The van der Waals surface area contributed by atoms with Gasteiger partial charge in [0.2, 0.25) is 0 Å². The highest BCUT2D eigenvalue weighted by atomic mass is 16.5. The molecule has 0 aliphatic carbocycles. The van der Waals surface area contributed by atoms with Crippen molar-refractivity contribution in [3.63, 3.8) is 0 Å². The number of pyridine rings is 1. The first kappa shape index (κ1) is 13.6. The topological polar surface area (TPSA) is 34.1 Å². The molecular weight excluding hydrogens is 236 g/mol. The van der Waals surface area contributed by atoms with E-state index >= 15 is 0 Å². The minimum absolute atomic E-state index is 0.262. The number of aromatic nitrogens is 1. The second-order valence-electron chi connectivity index (χ2n) is 4.67. The van der Waals surface area contributed by atoms with Gasteiger partial charge in [0.15, 0.2) is 0 Å². The first-order valence-corrected chi connectivity index (χ1v) is 6.50. The van der Waals surface area contributed by atoms with Crippen LogP contribution in [0.4, 0.5) is 0 Å². The Hall–Kier alpha value is -1.87. The first-order chi connectivity index (χ1) is 9.20. The second-order valence-corrected chi connectivity index (χ2v) is 4.67. The van der Waals surface area contributed by atoms with E-state index < -0.39 is 0 Å². The summed E-state index contributed by atoms with van der Waals surface area (Å²) in [6, 6.07) is 12.8. The zero-order valence-electron chi connectivity index (χ0n) is 11.6. The smallest absolute Gasteiger partial charge is 0.119 e. The Labute approximate surface area is 114 Å². The summed E-state index contributed by atoms with van der Waals surface area (Å²) in [4.78, 5) is 4.04. The van der Waals surface area contributed by atoms with Crippen molar-refractivity contribution >= 4 is 0 Å². The van der Waals surface area contributed by atoms with Gasteiger partial charge in [-0.2, -0.15) is 0 Å². The zero-order chi connectivity index (χ0) is 13.7. The van der Waals surface area contributed by atoms with E-state index in [0.717, 1.165) is 5.75 Å². The number of hydrogen-bond donors (Lipinski definition) is 1. The highest BCUT2D eigenvalue weighted by molar-refractivity contribution is 5.30. The molecule has 1 aromatic carbocycles. The molecule has 0 aliphatic rings. The van der Waals surface area contributed by atoms with Crippen molar-refractivity contribution in [1.29, 1.82) is 0 Å². The van der Waals surface area contributed by atoms with Crippen molar-refractivity contribution in [1.82, 2.24) is 10.3 Å². The van der Waals surface area contributed by atoms with E-state index in [0.29, 0.717) is 0 Å². The van der Waals surface area contributed by atoms with Crippen LogP contribution in [0.15, 0.2) is 48.8 Å². The van der Waals surface area contributed by atoms with Gasteiger partial charge in [-0.25, -0.2) is 0 Å². The van der Waals surface area contributed by atoms with Crippen LogP contribution < -0.4 is 10.1 Å². The predicted molar refractivity (Wildman–Crippen MR) is 77.2 cm³/mol. The van der Waals surface area contributed by atoms with E-state index in [-0.39, 0.29) is 12.1 Å². The molecule has 0 spiro atoms. The van der Waals surface area contributed by atoms with Gasteiger partial charge in [0.25, 0.3) is 0 Å². The minimum Gasteiger partial charge on any atom is -0.497 e. The molecule has 0 radical (unpaired) electrons. The standard InChI is InChI=1S/C16H20N2O/c1-12(14-7-9-17-10-8-14)18-13(2)15-5-4-6-16(11-15)19-3/h4-13,18H,1-3H3/t12-,13?/m1/s1. The fourth-order valence-corrected chi connectivity index (χ4v) is 2.13. The Morgan fingerprint density at radius 1 is 1.00 bits per heavy atom. The van der Waals surface area contributed by atoms with Crippen molar-refractivity contribution in [3.05, 3.63) is 59.9 Å². The largest absolute Gasteiger partial charge is 0.497 e. The fraction of sp³-hybridized carbons (Fsp3) is 0.312. The van der Waals surface area contributed by atoms with E-state index in [1.54, 1.807) is 7.11 Å². The van der Waals surface area contributed by atoms with Crippen molar-refractivity contribution in [3.8, 4) is 5.75 Å². The predicted octanol–water partition coefficient (Wildman–Crippen LogP) is 3.50. The second kappa shape index (κ2) is 6.34. The molecule has 0 saturated heterocycles. The molecule has 100 valence electrons. The van der Waals surface area contributed by atoms with Crippen LogP contribution in [0, 0.1) is 0 Å². The molecule has 2 aromatic rings. The molecule has 0 aliphatic heterocycles. The first-order valence-electron chi connectivity index (χ1n) is 6.50. The van der Waals surface area contributed by atoms with Gasteiger partial charge in [0, 0.05) is 24.5 Å². The summed E-state index contributed by atoms with van der Waals surface area (Å²) in [7, 11) is 1.69. The van der Waals surface area contributed by atoms with E-state index in [4.69, 9.17) is 4.74 Å². The molecule has 0 saturated carbocycles. The highest BCUT2D eigenvalue weighted by Gasteiger charge is 2.11. The van der Waals surface area contributed by atoms with Crippen LogP contribution in [0.3, 0.4) is 0 Å². The molecule has 3 heteroatoms. The van der Waals surface area contributed by atoms with Gasteiger partial charge in [0.1, 0.15) is 5.75 Å². The number of nitrogens with one attached hydrogen (secondary N) is 1. The summed E-state index contributed by atoms with van der Waals surface area (Å²) in [6.07, 6.45) is 3.65. The Morgan fingerprint density at radius 2 is 1.68 bits per heavy atom. The maximum absolute atomic E-state index is 5.26. The number of nitrogens with zero attached hydrogens (tertiary/aromatic N) is 1. The Bertz CT molecular complexity index is 513. The minimum atomic E-state index is 0.262. The molecule has 1 N–H and O–H groups in total. The van der Waals surface area contributed by atoms with Gasteiger partial charge < -0.3 is 10.1 Å². The van der Waals surface area contributed by atoms with Gasteiger partial charge in [0.05, 0.1) is 7.11 Å². The lowest BCUT2D eigenvalue weighted by Crippen LogP contribution is -2.22. The van der Waals surface area contributed by atoms with Crippen molar-refractivity contribution in [2.75, 3.05) is 7.11 Å². The van der Waals surface area contributed by atoms with Crippen LogP contribution in [0.2, 0.25) is 0 Å². The van der Waals surface area contributed by atoms with Gasteiger partial charge >= 0.3 is 0 Å². The van der Waals surface area contributed by atoms with Crippen LogP contribution in [-0.2, 0) is 0 Å². The summed E-state index contributed by atoms with van der Waals surface area (Å²) in [5.41, 5.74) is 2.46. The SMILES string of the molecule is COc1cccc(C(C)N[C@H](C)c2ccncc2)c1. The molecule has 0 amide bonds. The monoisotopic (exact) mass is 256 g/mol. The van der Waals surface area contributed by atoms with Crippen molar-refractivity contribution in [2.45, 2.75) is 25.9 Å². The third-order valence-electron chi connectivity index (χ3n) is 3.30. The molecule has 19 heavy (non-hydrogen) atoms. The normalized spacial score (nSPS) is 13.8. The Balaban J connectivity index is 2.06. The molecular formula is C16H20N2O. The molecule has 1 aromatic heterocycles. The van der Waals surface area contributed by atoms with Crippen LogP contribution in [0.1, 0.15) is 37.1 Å². The lowest BCUT2D eigenvalue weighted by molar-refractivity contribution is 0.412. The number of hydrogen-bond acceptors (Lipinski definition) is 3. The molecule has 1 unspecified atom stereocenters. The maximum Gasteiger partial charge on any atom is 0.119 e. The third-order valence-corrected chi connectivity index (χ3v) is 3.30. The maximum atomic E-state index is 5.26. The van der Waals surface area contributed by atoms with Crippen LogP contribution in [0.5, 0.6) is 5.75 Å². The third kappa shape index (κ3) is 3.55. The van der Waals surface area contributed by atoms with E-state index in [2.05, 4.69) is 36.3 Å². The lowest BCUT2D eigenvalue weighted by atomic mass is 10.0. The summed E-state index contributed by atoms with van der Waals surface area (Å²) in [5.74, 6) is 0.891. The van der Waals surface area contributed by atoms with Crippen LogP contribution in [0.25, 0.3) is 0 Å². The Morgan fingerprint density at radius 3 is 2.37 bits per heavy atom. The van der Waals surface area contributed by atoms with Gasteiger partial charge in [-0.05, 0) is 49.2 Å². The van der Waals surface area contributed by atoms with Crippen molar-refractivity contribution < 1.29 is 4.74 Å². The fourth-order valence-electron chi connectivity index (χ4n) is 2.13. The van der Waals surface area contributed by atoms with Gasteiger partial charge in [-0.15, -0.1) is 0 Å². The molecule has 2 atom stereocenters. The van der Waals surface area contributed by atoms with E-state index in [1.165, 1.54) is 11.1 Å². The molecule has 1 heterocycles. The molecule has 0 fully saturated rings. The lowest BCUT2D eigenvalue weighted by Gasteiger charge is -2.21. The van der Waals surface area contributed by atoms with Crippen LogP contribution in [-0.4, -0.2) is 12.1 Å². The van der Waals surface area contributed by atoms with Gasteiger partial charge in [-0.3, -0.25) is 4.98 Å². The molecule has 2 rings (SSSR count). The average Bonchev–Trinajstić information content (AvgIpc) is 2.48. The highest BCUT2D eigenvalue weighted by Crippen LogP contribution is 2.22. The zero-order valence-corrected chi connectivity index (χ0v) is 11.6. The number of benzene rings is 1. The summed E-state index contributed by atoms with van der Waals surface area (Å²) in [6.45, 7) is 4.32.